The van der Waals surface area contributed by atoms with E-state index in [1.54, 1.807) is 6.07 Å². The van der Waals surface area contributed by atoms with E-state index in [4.69, 9.17) is 0 Å². The number of phenolic OH excluding ortho intramolecular Hbond substituents is 1. The number of aromatic hydroxyl groups is 1. The lowest BCUT2D eigenvalue weighted by Crippen LogP contribution is -2.30. The zero-order valence-corrected chi connectivity index (χ0v) is 13.2. The molecule has 0 aliphatic carbocycles. The molecule has 0 heterocycles. The molecule has 0 fully saturated rings. The minimum Gasteiger partial charge on any atom is -0.506 e. The van der Waals surface area contributed by atoms with Crippen LogP contribution in [0.25, 0.3) is 0 Å². The van der Waals surface area contributed by atoms with Gasteiger partial charge in [0.25, 0.3) is 11.8 Å². The molecular formula is C11H9I2NO3. The zero-order chi connectivity index (χ0) is 13.2. The van der Waals surface area contributed by atoms with Crippen molar-refractivity contribution < 1.29 is 14.7 Å². The number of phenols is 1. The molecule has 0 aromatic heterocycles. The first-order valence-electron chi connectivity index (χ1n) is 4.52. The Labute approximate surface area is 126 Å². The third kappa shape index (κ3) is 3.66. The topological polar surface area (TPSA) is 66.4 Å². The van der Waals surface area contributed by atoms with Crippen molar-refractivity contribution >= 4 is 57.0 Å². The summed E-state index contributed by atoms with van der Waals surface area (Å²) in [7, 11) is 0. The van der Waals surface area contributed by atoms with Gasteiger partial charge in [-0.1, -0.05) is 6.58 Å². The number of hydrogen-bond acceptors (Lipinski definition) is 3. The first-order valence-corrected chi connectivity index (χ1v) is 6.68. The third-order valence-electron chi connectivity index (χ3n) is 1.89. The van der Waals surface area contributed by atoms with Crippen molar-refractivity contribution in [1.82, 2.24) is 5.32 Å². The summed E-state index contributed by atoms with van der Waals surface area (Å²) in [6.07, 6.45) is 0. The number of carbonyl (C=O) groups is 2. The molecule has 1 rings (SSSR count). The molecule has 0 aliphatic heterocycles. The summed E-state index contributed by atoms with van der Waals surface area (Å²) in [5.41, 5.74) is 0.314. The summed E-state index contributed by atoms with van der Waals surface area (Å²) >= 11 is 3.95. The maximum absolute atomic E-state index is 11.7. The number of carbonyl (C=O) groups excluding carboxylic acids is 2. The van der Waals surface area contributed by atoms with Crippen LogP contribution < -0.4 is 5.32 Å². The normalized spacial score (nSPS) is 9.82. The van der Waals surface area contributed by atoms with Gasteiger partial charge in [0, 0.05) is 9.14 Å². The molecular weight excluding hydrogens is 448 g/mol. The highest BCUT2D eigenvalue weighted by Crippen LogP contribution is 2.26. The van der Waals surface area contributed by atoms with Crippen molar-refractivity contribution in [3.05, 3.63) is 37.0 Å². The Morgan fingerprint density at radius 2 is 1.94 bits per heavy atom. The van der Waals surface area contributed by atoms with Crippen molar-refractivity contribution in [3.63, 3.8) is 0 Å². The number of benzene rings is 1. The van der Waals surface area contributed by atoms with Gasteiger partial charge in [0.15, 0.2) is 0 Å². The molecule has 4 nitrogen and oxygen atoms in total. The first kappa shape index (κ1) is 14.4. The average Bonchev–Trinajstić information content (AvgIpc) is 2.22. The van der Waals surface area contributed by atoms with E-state index in [0.717, 1.165) is 3.57 Å². The Balaban J connectivity index is 3.05. The predicted octanol–water partition coefficient (Wildman–Crippen LogP) is 2.43. The van der Waals surface area contributed by atoms with E-state index in [0.29, 0.717) is 3.57 Å². The van der Waals surface area contributed by atoms with Crippen LogP contribution >= 0.6 is 45.2 Å². The van der Waals surface area contributed by atoms with Crippen molar-refractivity contribution in [2.24, 2.45) is 0 Å². The second-order valence-corrected chi connectivity index (χ2v) is 5.76. The summed E-state index contributed by atoms with van der Waals surface area (Å²) in [5.74, 6) is -1.31. The van der Waals surface area contributed by atoms with E-state index in [1.165, 1.54) is 13.0 Å². The van der Waals surface area contributed by atoms with Crippen molar-refractivity contribution in [2.45, 2.75) is 6.92 Å². The monoisotopic (exact) mass is 457 g/mol. The van der Waals surface area contributed by atoms with Crippen LogP contribution in [0, 0.1) is 7.14 Å². The molecule has 1 aromatic carbocycles. The largest absolute Gasteiger partial charge is 0.506 e. The van der Waals surface area contributed by atoms with Gasteiger partial charge in [-0.15, -0.1) is 0 Å². The lowest BCUT2D eigenvalue weighted by Gasteiger charge is -2.07. The summed E-state index contributed by atoms with van der Waals surface area (Å²) in [6.45, 7) is 4.93. The molecule has 0 saturated carbocycles. The quantitative estimate of drug-likeness (QED) is 0.530. The fourth-order valence-corrected chi connectivity index (χ4v) is 2.86. The number of rotatable bonds is 2. The van der Waals surface area contributed by atoms with Crippen LogP contribution in [-0.4, -0.2) is 16.9 Å². The standard InChI is InChI=1S/C11H9I2NO3/c1-5(2)10(16)14-11(17)7-3-6(12)4-8(13)9(7)15/h3-4,15H,1H2,2H3,(H,14,16,17). The molecule has 0 spiro atoms. The second kappa shape index (κ2) is 5.80. The summed E-state index contributed by atoms with van der Waals surface area (Å²) in [5, 5.41) is 11.9. The van der Waals surface area contributed by atoms with Crippen LogP contribution in [-0.2, 0) is 4.79 Å². The Morgan fingerprint density at radius 3 is 2.47 bits per heavy atom. The van der Waals surface area contributed by atoms with Gasteiger partial charge in [0.1, 0.15) is 5.75 Å². The Hall–Kier alpha value is -0.640. The number of amides is 2. The van der Waals surface area contributed by atoms with Gasteiger partial charge in [0.2, 0.25) is 0 Å². The molecule has 2 amide bonds. The van der Waals surface area contributed by atoms with Gasteiger partial charge < -0.3 is 5.11 Å². The lowest BCUT2D eigenvalue weighted by molar-refractivity contribution is -0.116. The fraction of sp³-hybridized carbons (Fsp3) is 0.0909. The number of halogens is 2. The molecule has 90 valence electrons. The van der Waals surface area contributed by atoms with E-state index < -0.39 is 11.8 Å². The van der Waals surface area contributed by atoms with Gasteiger partial charge >= 0.3 is 0 Å². The van der Waals surface area contributed by atoms with Crippen molar-refractivity contribution in [3.8, 4) is 5.75 Å². The highest BCUT2D eigenvalue weighted by Gasteiger charge is 2.17. The predicted molar refractivity (Wildman–Crippen MR) is 80.8 cm³/mol. The summed E-state index contributed by atoms with van der Waals surface area (Å²) < 4.78 is 1.36. The first-order chi connectivity index (χ1) is 7.82. The summed E-state index contributed by atoms with van der Waals surface area (Å²) in [6, 6.07) is 3.24. The van der Waals surface area contributed by atoms with E-state index >= 15 is 0 Å². The van der Waals surface area contributed by atoms with E-state index in [1.807, 2.05) is 45.2 Å². The minimum atomic E-state index is -0.632. The molecule has 0 saturated heterocycles. The molecule has 0 radical (unpaired) electrons. The van der Waals surface area contributed by atoms with Gasteiger partial charge in [-0.05, 0) is 64.2 Å². The Bertz CT molecular complexity index is 512. The smallest absolute Gasteiger partial charge is 0.261 e. The summed E-state index contributed by atoms with van der Waals surface area (Å²) in [4.78, 5) is 23.0. The molecule has 0 bridgehead atoms. The molecule has 0 aliphatic rings. The molecule has 17 heavy (non-hydrogen) atoms. The van der Waals surface area contributed by atoms with Crippen LogP contribution in [0.1, 0.15) is 17.3 Å². The molecule has 2 N–H and O–H groups in total. The van der Waals surface area contributed by atoms with Crippen molar-refractivity contribution in [1.29, 1.82) is 0 Å². The van der Waals surface area contributed by atoms with Gasteiger partial charge in [-0.3, -0.25) is 14.9 Å². The van der Waals surface area contributed by atoms with E-state index in [2.05, 4.69) is 11.9 Å². The molecule has 6 heteroatoms. The highest BCUT2D eigenvalue weighted by atomic mass is 127. The van der Waals surface area contributed by atoms with E-state index in [9.17, 15) is 14.7 Å². The fourth-order valence-electron chi connectivity index (χ4n) is 1.02. The Morgan fingerprint density at radius 1 is 1.35 bits per heavy atom. The highest BCUT2D eigenvalue weighted by molar-refractivity contribution is 14.1. The van der Waals surface area contributed by atoms with Gasteiger partial charge in [0.05, 0.1) is 9.13 Å². The SMILES string of the molecule is C=C(C)C(=O)NC(=O)c1cc(I)cc(I)c1O. The Kier molecular flexibility index (Phi) is 4.92. The van der Waals surface area contributed by atoms with Crippen LogP contribution in [0.2, 0.25) is 0 Å². The minimum absolute atomic E-state index is 0.0795. The number of hydrogen-bond donors (Lipinski definition) is 2. The number of nitrogens with one attached hydrogen (secondary N) is 1. The second-order valence-electron chi connectivity index (χ2n) is 3.35. The number of imide groups is 1. The van der Waals surface area contributed by atoms with Crippen LogP contribution in [0.3, 0.4) is 0 Å². The average molecular weight is 457 g/mol. The maximum Gasteiger partial charge on any atom is 0.261 e. The zero-order valence-electron chi connectivity index (χ0n) is 8.88. The molecule has 1 aromatic rings. The van der Waals surface area contributed by atoms with Gasteiger partial charge in [-0.25, -0.2) is 0 Å². The van der Waals surface area contributed by atoms with Crippen LogP contribution in [0.15, 0.2) is 24.3 Å². The third-order valence-corrected chi connectivity index (χ3v) is 3.33. The van der Waals surface area contributed by atoms with E-state index in [-0.39, 0.29) is 16.9 Å². The van der Waals surface area contributed by atoms with Gasteiger partial charge in [-0.2, -0.15) is 0 Å². The maximum atomic E-state index is 11.7. The molecule has 0 atom stereocenters. The molecule has 0 unspecified atom stereocenters. The lowest BCUT2D eigenvalue weighted by atomic mass is 10.2. The van der Waals surface area contributed by atoms with Crippen LogP contribution in [0.5, 0.6) is 5.75 Å². The van der Waals surface area contributed by atoms with Crippen molar-refractivity contribution in [2.75, 3.05) is 0 Å². The van der Waals surface area contributed by atoms with Crippen LogP contribution in [0.4, 0.5) is 0 Å².